The van der Waals surface area contributed by atoms with Crippen molar-refractivity contribution in [1.82, 2.24) is 5.32 Å². The maximum atomic E-state index is 12.9. The first-order chi connectivity index (χ1) is 9.88. The Labute approximate surface area is 120 Å². The van der Waals surface area contributed by atoms with Crippen LogP contribution >= 0.6 is 0 Å². The normalized spacial score (nSPS) is 12.0. The number of nitrogens with one attached hydrogen (secondary N) is 1. The van der Waals surface area contributed by atoms with E-state index in [0.717, 1.165) is 6.08 Å². The van der Waals surface area contributed by atoms with E-state index in [1.165, 1.54) is 24.3 Å². The molecule has 4 N–H and O–H groups in total. The Kier molecular flexibility index (Phi) is 6.06. The molecule has 21 heavy (non-hydrogen) atoms. The first kappa shape index (κ1) is 16.4. The Balaban J connectivity index is 2.61. The number of aliphatic carboxylic acids is 1. The van der Waals surface area contributed by atoms with E-state index in [0.29, 0.717) is 5.56 Å². The van der Waals surface area contributed by atoms with Gasteiger partial charge in [-0.25, -0.2) is 9.18 Å². The van der Waals surface area contributed by atoms with Gasteiger partial charge in [-0.3, -0.25) is 9.59 Å². The molecule has 0 saturated carbocycles. The topological polar surface area (TPSA) is 109 Å². The van der Waals surface area contributed by atoms with Gasteiger partial charge < -0.3 is 16.2 Å². The van der Waals surface area contributed by atoms with Gasteiger partial charge in [0.25, 0.3) is 0 Å². The quantitative estimate of drug-likeness (QED) is 0.642. The van der Waals surface area contributed by atoms with Gasteiger partial charge >= 0.3 is 5.97 Å². The van der Waals surface area contributed by atoms with Crippen LogP contribution in [0.25, 0.3) is 6.08 Å². The van der Waals surface area contributed by atoms with Gasteiger partial charge in [0, 0.05) is 12.5 Å². The highest BCUT2D eigenvalue weighted by molar-refractivity contribution is 5.94. The first-order valence-electron chi connectivity index (χ1n) is 6.13. The number of hydrogen-bond acceptors (Lipinski definition) is 3. The molecule has 7 heteroatoms. The monoisotopic (exact) mass is 294 g/mol. The highest BCUT2D eigenvalue weighted by atomic mass is 19.1. The highest BCUT2D eigenvalue weighted by Crippen LogP contribution is 2.05. The third-order valence-electron chi connectivity index (χ3n) is 2.57. The van der Waals surface area contributed by atoms with E-state index in [1.807, 2.05) is 0 Å². The maximum absolute atomic E-state index is 12.9. The molecule has 2 amide bonds. The molecule has 0 radical (unpaired) electrons. The molecule has 1 aromatic carbocycles. The molecule has 0 bridgehead atoms. The molecule has 0 fully saturated rings. The number of carboxylic acid groups (broad SMARTS) is 1. The molecule has 0 unspecified atom stereocenters. The minimum absolute atomic E-state index is 0.0930. The van der Waals surface area contributed by atoms with Crippen LogP contribution < -0.4 is 11.1 Å². The van der Waals surface area contributed by atoms with Crippen molar-refractivity contribution in [2.24, 2.45) is 5.73 Å². The van der Waals surface area contributed by atoms with E-state index in [9.17, 15) is 18.8 Å². The Morgan fingerprint density at radius 2 is 2.10 bits per heavy atom. The fraction of sp³-hybridized carbons (Fsp3) is 0.214. The van der Waals surface area contributed by atoms with Crippen LogP contribution in [-0.2, 0) is 14.4 Å². The SMILES string of the molecule is NC(=O)CC[C@@H](NC(=O)/C=C/c1cccc(F)c1)C(=O)O. The summed E-state index contributed by atoms with van der Waals surface area (Å²) in [7, 11) is 0. The molecular weight excluding hydrogens is 279 g/mol. The predicted octanol–water partition coefficient (Wildman–Crippen LogP) is 0.674. The van der Waals surface area contributed by atoms with Crippen molar-refractivity contribution in [2.45, 2.75) is 18.9 Å². The number of primary amides is 1. The summed E-state index contributed by atoms with van der Waals surface area (Å²) in [5, 5.41) is 11.1. The summed E-state index contributed by atoms with van der Waals surface area (Å²) in [6.07, 6.45) is 2.20. The summed E-state index contributed by atoms with van der Waals surface area (Å²) in [6, 6.07) is 4.36. The maximum Gasteiger partial charge on any atom is 0.326 e. The third-order valence-corrected chi connectivity index (χ3v) is 2.57. The minimum atomic E-state index is -1.26. The van der Waals surface area contributed by atoms with Gasteiger partial charge in [-0.1, -0.05) is 12.1 Å². The number of amides is 2. The van der Waals surface area contributed by atoms with Crippen molar-refractivity contribution in [2.75, 3.05) is 0 Å². The zero-order valence-corrected chi connectivity index (χ0v) is 11.1. The lowest BCUT2D eigenvalue weighted by molar-refractivity contribution is -0.141. The van der Waals surface area contributed by atoms with Gasteiger partial charge in [0.15, 0.2) is 0 Å². The van der Waals surface area contributed by atoms with E-state index in [1.54, 1.807) is 6.07 Å². The zero-order valence-electron chi connectivity index (χ0n) is 11.1. The van der Waals surface area contributed by atoms with Gasteiger partial charge in [0.05, 0.1) is 0 Å². The van der Waals surface area contributed by atoms with Gasteiger partial charge in [-0.15, -0.1) is 0 Å². The van der Waals surface area contributed by atoms with Gasteiger partial charge in [0.2, 0.25) is 11.8 Å². The summed E-state index contributed by atoms with van der Waals surface area (Å²) in [5.41, 5.74) is 5.39. The Bertz CT molecular complexity index is 572. The summed E-state index contributed by atoms with van der Waals surface area (Å²) in [5.74, 6) is -3.01. The number of carbonyl (C=O) groups excluding carboxylic acids is 2. The molecule has 1 atom stereocenters. The molecular formula is C14H15FN2O4. The van der Waals surface area contributed by atoms with Crippen LogP contribution in [-0.4, -0.2) is 28.9 Å². The van der Waals surface area contributed by atoms with E-state index in [-0.39, 0.29) is 12.8 Å². The Hall–Kier alpha value is -2.70. The van der Waals surface area contributed by atoms with Crippen molar-refractivity contribution >= 4 is 23.9 Å². The minimum Gasteiger partial charge on any atom is -0.480 e. The van der Waals surface area contributed by atoms with Crippen LogP contribution in [0.15, 0.2) is 30.3 Å². The second kappa shape index (κ2) is 7.78. The van der Waals surface area contributed by atoms with Crippen LogP contribution in [0.2, 0.25) is 0 Å². The standard InChI is InChI=1S/C14H15FN2O4/c15-10-3-1-2-9(8-10)4-7-13(19)17-11(14(20)21)5-6-12(16)18/h1-4,7-8,11H,5-6H2,(H2,16,18)(H,17,19)(H,20,21)/b7-4+/t11-/m1/s1. The summed E-state index contributed by atoms with van der Waals surface area (Å²) < 4.78 is 12.9. The average molecular weight is 294 g/mol. The van der Waals surface area contributed by atoms with Crippen LogP contribution in [0.5, 0.6) is 0 Å². The van der Waals surface area contributed by atoms with Crippen molar-refractivity contribution in [3.8, 4) is 0 Å². The van der Waals surface area contributed by atoms with Crippen molar-refractivity contribution in [3.63, 3.8) is 0 Å². The zero-order chi connectivity index (χ0) is 15.8. The summed E-state index contributed by atoms with van der Waals surface area (Å²) in [6.45, 7) is 0. The average Bonchev–Trinajstić information content (AvgIpc) is 2.40. The Morgan fingerprint density at radius 3 is 2.67 bits per heavy atom. The molecule has 1 rings (SSSR count). The van der Waals surface area contributed by atoms with E-state index in [2.05, 4.69) is 5.32 Å². The molecule has 0 aliphatic rings. The van der Waals surface area contributed by atoms with Gasteiger partial charge in [-0.05, 0) is 30.2 Å². The second-order valence-electron chi connectivity index (χ2n) is 4.29. The molecule has 0 spiro atoms. The molecule has 0 heterocycles. The largest absolute Gasteiger partial charge is 0.480 e. The number of benzene rings is 1. The molecule has 112 valence electrons. The van der Waals surface area contributed by atoms with Crippen LogP contribution in [0.3, 0.4) is 0 Å². The molecule has 0 aliphatic carbocycles. The molecule has 1 aromatic rings. The fourth-order valence-electron chi connectivity index (χ4n) is 1.55. The molecule has 0 aromatic heterocycles. The molecule has 0 saturated heterocycles. The van der Waals surface area contributed by atoms with Crippen molar-refractivity contribution < 1.29 is 23.9 Å². The number of halogens is 1. The van der Waals surface area contributed by atoms with Crippen LogP contribution in [0.4, 0.5) is 4.39 Å². The van der Waals surface area contributed by atoms with Crippen molar-refractivity contribution in [3.05, 3.63) is 41.7 Å². The van der Waals surface area contributed by atoms with Gasteiger partial charge in [-0.2, -0.15) is 0 Å². The molecule has 6 nitrogen and oxygen atoms in total. The first-order valence-corrected chi connectivity index (χ1v) is 6.13. The fourth-order valence-corrected chi connectivity index (χ4v) is 1.55. The molecule has 0 aliphatic heterocycles. The smallest absolute Gasteiger partial charge is 0.326 e. The summed E-state index contributed by atoms with van der Waals surface area (Å²) in [4.78, 5) is 33.1. The van der Waals surface area contributed by atoms with Crippen LogP contribution in [0, 0.1) is 5.82 Å². The number of carbonyl (C=O) groups is 3. The highest BCUT2D eigenvalue weighted by Gasteiger charge is 2.19. The number of hydrogen-bond donors (Lipinski definition) is 3. The summed E-state index contributed by atoms with van der Waals surface area (Å²) >= 11 is 0. The van der Waals surface area contributed by atoms with E-state index in [4.69, 9.17) is 10.8 Å². The Morgan fingerprint density at radius 1 is 1.38 bits per heavy atom. The lowest BCUT2D eigenvalue weighted by Gasteiger charge is -2.11. The van der Waals surface area contributed by atoms with Gasteiger partial charge in [0.1, 0.15) is 11.9 Å². The number of carboxylic acids is 1. The second-order valence-corrected chi connectivity index (χ2v) is 4.29. The number of nitrogens with two attached hydrogens (primary N) is 1. The predicted molar refractivity (Wildman–Crippen MR) is 73.4 cm³/mol. The van der Waals surface area contributed by atoms with E-state index < -0.39 is 29.6 Å². The lowest BCUT2D eigenvalue weighted by Crippen LogP contribution is -2.40. The van der Waals surface area contributed by atoms with Crippen molar-refractivity contribution in [1.29, 1.82) is 0 Å². The van der Waals surface area contributed by atoms with Crippen LogP contribution in [0.1, 0.15) is 18.4 Å². The number of rotatable bonds is 7. The lowest BCUT2D eigenvalue weighted by atomic mass is 10.1. The van der Waals surface area contributed by atoms with E-state index >= 15 is 0 Å². The third kappa shape index (κ3) is 6.33.